The molecule has 15 heavy (non-hydrogen) atoms. The molecule has 0 radical (unpaired) electrons. The van der Waals surface area contributed by atoms with Crippen LogP contribution in [0.4, 0.5) is 10.1 Å². The average Bonchev–Trinajstić information content (AvgIpc) is 2.71. The summed E-state index contributed by atoms with van der Waals surface area (Å²) in [6, 6.07) is 5.20. The first-order valence-electron chi connectivity index (χ1n) is 5.84. The molecule has 0 bridgehead atoms. The topological polar surface area (TPSA) is 3.24 Å². The fourth-order valence-electron chi connectivity index (χ4n) is 2.29. The van der Waals surface area contributed by atoms with Crippen LogP contribution in [0.15, 0.2) is 18.2 Å². The second-order valence-corrected chi connectivity index (χ2v) is 4.22. The standard InChI is InChI=1S/C13H18FN/c1-2-5-11-10-12(14)6-7-13(11)15-8-3-4-9-15/h6-7,10H,2-5,8-9H2,1H3. The zero-order valence-electron chi connectivity index (χ0n) is 9.30. The van der Waals surface area contributed by atoms with E-state index in [0.29, 0.717) is 0 Å². The summed E-state index contributed by atoms with van der Waals surface area (Å²) in [5.74, 6) is -0.110. The van der Waals surface area contributed by atoms with Crippen molar-refractivity contribution >= 4 is 5.69 Å². The smallest absolute Gasteiger partial charge is 0.123 e. The van der Waals surface area contributed by atoms with Gasteiger partial charge in [0.15, 0.2) is 0 Å². The highest BCUT2D eigenvalue weighted by molar-refractivity contribution is 5.54. The van der Waals surface area contributed by atoms with E-state index in [1.807, 2.05) is 6.07 Å². The second-order valence-electron chi connectivity index (χ2n) is 4.22. The van der Waals surface area contributed by atoms with Crippen LogP contribution in [0, 0.1) is 5.82 Å². The summed E-state index contributed by atoms with van der Waals surface area (Å²) in [5, 5.41) is 0. The minimum atomic E-state index is -0.110. The molecule has 0 N–H and O–H groups in total. The highest BCUT2D eigenvalue weighted by Crippen LogP contribution is 2.26. The van der Waals surface area contributed by atoms with E-state index in [1.54, 1.807) is 12.1 Å². The first kappa shape index (κ1) is 10.5. The van der Waals surface area contributed by atoms with Gasteiger partial charge in [-0.25, -0.2) is 4.39 Å². The Balaban J connectivity index is 2.27. The van der Waals surface area contributed by atoms with Gasteiger partial charge in [0.2, 0.25) is 0 Å². The van der Waals surface area contributed by atoms with Crippen molar-refractivity contribution in [1.82, 2.24) is 0 Å². The molecule has 0 spiro atoms. The van der Waals surface area contributed by atoms with Crippen LogP contribution in [0.25, 0.3) is 0 Å². The van der Waals surface area contributed by atoms with Crippen molar-refractivity contribution in [1.29, 1.82) is 0 Å². The Morgan fingerprint density at radius 1 is 1.27 bits per heavy atom. The van der Waals surface area contributed by atoms with Crippen LogP contribution in [-0.4, -0.2) is 13.1 Å². The maximum Gasteiger partial charge on any atom is 0.123 e. The Bertz CT molecular complexity index is 329. The van der Waals surface area contributed by atoms with Gasteiger partial charge in [-0.3, -0.25) is 0 Å². The van der Waals surface area contributed by atoms with Crippen LogP contribution in [-0.2, 0) is 6.42 Å². The molecule has 1 aromatic carbocycles. The molecule has 0 unspecified atom stereocenters. The highest BCUT2D eigenvalue weighted by atomic mass is 19.1. The van der Waals surface area contributed by atoms with Gasteiger partial charge in [0.05, 0.1) is 0 Å². The average molecular weight is 207 g/mol. The third-order valence-corrected chi connectivity index (χ3v) is 3.01. The van der Waals surface area contributed by atoms with Crippen molar-refractivity contribution < 1.29 is 4.39 Å². The van der Waals surface area contributed by atoms with Crippen molar-refractivity contribution in [2.75, 3.05) is 18.0 Å². The van der Waals surface area contributed by atoms with E-state index >= 15 is 0 Å². The SMILES string of the molecule is CCCc1cc(F)ccc1N1CCCC1. The summed E-state index contributed by atoms with van der Waals surface area (Å²) in [6.07, 6.45) is 4.58. The quantitative estimate of drug-likeness (QED) is 0.734. The fraction of sp³-hybridized carbons (Fsp3) is 0.538. The second kappa shape index (κ2) is 4.65. The fourth-order valence-corrected chi connectivity index (χ4v) is 2.29. The van der Waals surface area contributed by atoms with E-state index in [0.717, 1.165) is 25.9 Å². The molecule has 0 saturated carbocycles. The lowest BCUT2D eigenvalue weighted by atomic mass is 10.1. The van der Waals surface area contributed by atoms with Gasteiger partial charge in [0.25, 0.3) is 0 Å². The number of nitrogens with zero attached hydrogens (tertiary/aromatic N) is 1. The number of hydrogen-bond donors (Lipinski definition) is 0. The molecule has 2 rings (SSSR count). The summed E-state index contributed by atoms with van der Waals surface area (Å²) in [5.41, 5.74) is 2.41. The van der Waals surface area contributed by atoms with Crippen molar-refractivity contribution in [3.8, 4) is 0 Å². The lowest BCUT2D eigenvalue weighted by Crippen LogP contribution is -2.19. The molecule has 1 fully saturated rings. The summed E-state index contributed by atoms with van der Waals surface area (Å²) in [7, 11) is 0. The molecule has 1 saturated heterocycles. The Morgan fingerprint density at radius 3 is 2.67 bits per heavy atom. The van der Waals surface area contributed by atoms with E-state index in [-0.39, 0.29) is 5.82 Å². The molecule has 0 amide bonds. The zero-order chi connectivity index (χ0) is 10.7. The number of anilines is 1. The zero-order valence-corrected chi connectivity index (χ0v) is 9.30. The Kier molecular flexibility index (Phi) is 3.24. The lowest BCUT2D eigenvalue weighted by molar-refractivity contribution is 0.624. The number of aryl methyl sites for hydroxylation is 1. The highest BCUT2D eigenvalue weighted by Gasteiger charge is 2.15. The minimum absolute atomic E-state index is 0.110. The third kappa shape index (κ3) is 2.31. The number of benzene rings is 1. The van der Waals surface area contributed by atoms with E-state index < -0.39 is 0 Å². The number of halogens is 1. The van der Waals surface area contributed by atoms with Crippen LogP contribution >= 0.6 is 0 Å². The van der Waals surface area contributed by atoms with Gasteiger partial charge in [-0.2, -0.15) is 0 Å². The predicted molar refractivity (Wildman–Crippen MR) is 61.8 cm³/mol. The minimum Gasteiger partial charge on any atom is -0.371 e. The first-order valence-corrected chi connectivity index (χ1v) is 5.84. The molecular formula is C13H18FN. The number of hydrogen-bond acceptors (Lipinski definition) is 1. The van der Waals surface area contributed by atoms with Crippen LogP contribution in [0.5, 0.6) is 0 Å². The molecule has 0 aromatic heterocycles. The molecule has 1 heterocycles. The summed E-state index contributed by atoms with van der Waals surface area (Å²) in [4.78, 5) is 2.38. The van der Waals surface area contributed by atoms with Gasteiger partial charge in [-0.05, 0) is 43.0 Å². The van der Waals surface area contributed by atoms with E-state index in [9.17, 15) is 4.39 Å². The largest absolute Gasteiger partial charge is 0.371 e. The van der Waals surface area contributed by atoms with Gasteiger partial charge >= 0.3 is 0 Å². The monoisotopic (exact) mass is 207 g/mol. The summed E-state index contributed by atoms with van der Waals surface area (Å²) >= 11 is 0. The maximum atomic E-state index is 13.1. The van der Waals surface area contributed by atoms with E-state index in [4.69, 9.17) is 0 Å². The van der Waals surface area contributed by atoms with Gasteiger partial charge in [0, 0.05) is 18.8 Å². The van der Waals surface area contributed by atoms with Crippen LogP contribution in [0.2, 0.25) is 0 Å². The van der Waals surface area contributed by atoms with Crippen molar-refractivity contribution in [3.05, 3.63) is 29.6 Å². The Hall–Kier alpha value is -1.05. The molecule has 82 valence electrons. The van der Waals surface area contributed by atoms with E-state index in [1.165, 1.54) is 24.1 Å². The van der Waals surface area contributed by atoms with Crippen molar-refractivity contribution in [3.63, 3.8) is 0 Å². The van der Waals surface area contributed by atoms with Crippen LogP contribution in [0.1, 0.15) is 31.7 Å². The lowest BCUT2D eigenvalue weighted by Gasteiger charge is -2.21. The third-order valence-electron chi connectivity index (χ3n) is 3.01. The molecule has 0 atom stereocenters. The number of rotatable bonds is 3. The molecule has 1 aliphatic rings. The van der Waals surface area contributed by atoms with Crippen LogP contribution < -0.4 is 4.90 Å². The van der Waals surface area contributed by atoms with Crippen LogP contribution in [0.3, 0.4) is 0 Å². The van der Waals surface area contributed by atoms with Gasteiger partial charge < -0.3 is 4.90 Å². The summed E-state index contributed by atoms with van der Waals surface area (Å²) in [6.45, 7) is 4.39. The molecule has 2 heteroatoms. The van der Waals surface area contributed by atoms with Crippen molar-refractivity contribution in [2.24, 2.45) is 0 Å². The summed E-state index contributed by atoms with van der Waals surface area (Å²) < 4.78 is 13.1. The molecule has 1 aliphatic heterocycles. The molecule has 1 aromatic rings. The van der Waals surface area contributed by atoms with Gasteiger partial charge in [0.1, 0.15) is 5.82 Å². The molecular weight excluding hydrogens is 189 g/mol. The predicted octanol–water partition coefficient (Wildman–Crippen LogP) is 3.38. The van der Waals surface area contributed by atoms with Gasteiger partial charge in [-0.1, -0.05) is 13.3 Å². The maximum absolute atomic E-state index is 13.1. The van der Waals surface area contributed by atoms with Gasteiger partial charge in [-0.15, -0.1) is 0 Å². The molecule has 1 nitrogen and oxygen atoms in total. The Morgan fingerprint density at radius 2 is 2.00 bits per heavy atom. The molecule has 0 aliphatic carbocycles. The Labute approximate surface area is 90.9 Å². The normalized spacial score (nSPS) is 16.0. The van der Waals surface area contributed by atoms with E-state index in [2.05, 4.69) is 11.8 Å². The first-order chi connectivity index (χ1) is 7.31. The van der Waals surface area contributed by atoms with Crippen molar-refractivity contribution in [2.45, 2.75) is 32.6 Å².